The van der Waals surface area contributed by atoms with Gasteiger partial charge in [-0.15, -0.1) is 0 Å². The second-order valence-electron chi connectivity index (χ2n) is 4.34. The molecule has 0 N–H and O–H groups in total. The summed E-state index contributed by atoms with van der Waals surface area (Å²) in [5, 5.41) is 0. The standard InChI is InChI=1S/C12H17BrN2/c1-10-4-3-8-15(9-7-10)12-6-2-5-11(13)14-12/h2,5-6,10H,3-4,7-9H2,1H3. The molecule has 1 fully saturated rings. The number of nitrogens with zero attached hydrogens (tertiary/aromatic N) is 2. The average molecular weight is 269 g/mol. The van der Waals surface area contributed by atoms with Crippen molar-refractivity contribution in [1.82, 2.24) is 4.98 Å². The third kappa shape index (κ3) is 2.94. The van der Waals surface area contributed by atoms with E-state index in [-0.39, 0.29) is 0 Å². The van der Waals surface area contributed by atoms with E-state index in [0.29, 0.717) is 0 Å². The quantitative estimate of drug-likeness (QED) is 0.726. The van der Waals surface area contributed by atoms with Crippen molar-refractivity contribution in [2.75, 3.05) is 18.0 Å². The van der Waals surface area contributed by atoms with Crippen LogP contribution in [0.3, 0.4) is 0 Å². The van der Waals surface area contributed by atoms with E-state index < -0.39 is 0 Å². The van der Waals surface area contributed by atoms with E-state index in [2.05, 4.69) is 44.9 Å². The highest BCUT2D eigenvalue weighted by Crippen LogP contribution is 2.21. The minimum absolute atomic E-state index is 0.863. The third-order valence-corrected chi connectivity index (χ3v) is 3.48. The van der Waals surface area contributed by atoms with Gasteiger partial charge in [0.25, 0.3) is 0 Å². The largest absolute Gasteiger partial charge is 0.357 e. The molecule has 2 rings (SSSR count). The maximum Gasteiger partial charge on any atom is 0.129 e. The lowest BCUT2D eigenvalue weighted by Gasteiger charge is -2.21. The Balaban J connectivity index is 2.09. The van der Waals surface area contributed by atoms with Crippen molar-refractivity contribution < 1.29 is 0 Å². The summed E-state index contributed by atoms with van der Waals surface area (Å²) in [4.78, 5) is 6.90. The summed E-state index contributed by atoms with van der Waals surface area (Å²) >= 11 is 3.42. The molecule has 0 amide bonds. The van der Waals surface area contributed by atoms with Gasteiger partial charge in [0.05, 0.1) is 0 Å². The molecular formula is C12H17BrN2. The predicted octanol–water partition coefficient (Wildman–Crippen LogP) is 3.47. The Kier molecular flexibility index (Phi) is 3.62. The van der Waals surface area contributed by atoms with Gasteiger partial charge in [-0.25, -0.2) is 4.98 Å². The second-order valence-corrected chi connectivity index (χ2v) is 5.15. The van der Waals surface area contributed by atoms with E-state index in [9.17, 15) is 0 Å². The number of halogens is 1. The van der Waals surface area contributed by atoms with Gasteiger partial charge in [0.1, 0.15) is 10.4 Å². The van der Waals surface area contributed by atoms with Gasteiger partial charge in [-0.2, -0.15) is 0 Å². The fourth-order valence-corrected chi connectivity index (χ4v) is 2.40. The van der Waals surface area contributed by atoms with Crippen LogP contribution >= 0.6 is 15.9 Å². The van der Waals surface area contributed by atoms with Crippen molar-refractivity contribution in [2.45, 2.75) is 26.2 Å². The highest BCUT2D eigenvalue weighted by atomic mass is 79.9. The van der Waals surface area contributed by atoms with Crippen LogP contribution in [0.25, 0.3) is 0 Å². The zero-order valence-electron chi connectivity index (χ0n) is 9.12. The molecule has 0 aliphatic carbocycles. The van der Waals surface area contributed by atoms with E-state index in [4.69, 9.17) is 0 Å². The Morgan fingerprint density at radius 1 is 1.33 bits per heavy atom. The van der Waals surface area contributed by atoms with Gasteiger partial charge in [0.2, 0.25) is 0 Å². The molecule has 1 aliphatic heterocycles. The van der Waals surface area contributed by atoms with Crippen LogP contribution in [0.5, 0.6) is 0 Å². The summed E-state index contributed by atoms with van der Waals surface area (Å²) in [5.74, 6) is 1.97. The van der Waals surface area contributed by atoms with E-state index in [0.717, 1.165) is 29.4 Å². The smallest absolute Gasteiger partial charge is 0.129 e. The Morgan fingerprint density at radius 2 is 2.20 bits per heavy atom. The summed E-state index contributed by atoms with van der Waals surface area (Å²) in [6.45, 7) is 4.64. The topological polar surface area (TPSA) is 16.1 Å². The average Bonchev–Trinajstić information content (AvgIpc) is 2.43. The van der Waals surface area contributed by atoms with Gasteiger partial charge in [-0.05, 0) is 53.2 Å². The molecule has 1 aromatic rings. The van der Waals surface area contributed by atoms with E-state index in [1.807, 2.05) is 6.07 Å². The molecule has 1 aliphatic rings. The summed E-state index contributed by atoms with van der Waals surface area (Å²) < 4.78 is 0.928. The van der Waals surface area contributed by atoms with Gasteiger partial charge in [0, 0.05) is 13.1 Å². The van der Waals surface area contributed by atoms with Crippen molar-refractivity contribution in [3.05, 3.63) is 22.8 Å². The zero-order chi connectivity index (χ0) is 10.7. The molecule has 3 heteroatoms. The zero-order valence-corrected chi connectivity index (χ0v) is 10.7. The van der Waals surface area contributed by atoms with E-state index >= 15 is 0 Å². The number of hydrogen-bond acceptors (Lipinski definition) is 2. The lowest BCUT2D eigenvalue weighted by Crippen LogP contribution is -2.25. The van der Waals surface area contributed by atoms with E-state index in [1.165, 1.54) is 19.3 Å². The highest BCUT2D eigenvalue weighted by molar-refractivity contribution is 9.10. The van der Waals surface area contributed by atoms with Crippen LogP contribution in [-0.4, -0.2) is 18.1 Å². The second kappa shape index (κ2) is 4.97. The molecule has 2 heterocycles. The molecule has 0 spiro atoms. The van der Waals surface area contributed by atoms with Gasteiger partial charge in [0.15, 0.2) is 0 Å². The van der Waals surface area contributed by atoms with Crippen LogP contribution < -0.4 is 4.90 Å². The Labute approximate surface area is 99.8 Å². The Bertz CT molecular complexity index is 327. The minimum atomic E-state index is 0.863. The number of rotatable bonds is 1. The van der Waals surface area contributed by atoms with E-state index in [1.54, 1.807) is 0 Å². The normalized spacial score (nSPS) is 22.5. The van der Waals surface area contributed by atoms with Gasteiger partial charge < -0.3 is 4.90 Å². The molecule has 0 saturated carbocycles. The molecule has 0 aromatic carbocycles. The van der Waals surface area contributed by atoms with Crippen molar-refractivity contribution in [1.29, 1.82) is 0 Å². The molecular weight excluding hydrogens is 252 g/mol. The lowest BCUT2D eigenvalue weighted by atomic mass is 10.0. The van der Waals surface area contributed by atoms with Crippen LogP contribution in [-0.2, 0) is 0 Å². The highest BCUT2D eigenvalue weighted by Gasteiger charge is 2.14. The summed E-state index contributed by atoms with van der Waals surface area (Å²) in [5.41, 5.74) is 0. The van der Waals surface area contributed by atoms with Gasteiger partial charge in [-0.3, -0.25) is 0 Å². The summed E-state index contributed by atoms with van der Waals surface area (Å²) in [7, 11) is 0. The maximum absolute atomic E-state index is 4.51. The Hall–Kier alpha value is -0.570. The first kappa shape index (κ1) is 10.9. The molecule has 0 radical (unpaired) electrons. The first-order valence-electron chi connectivity index (χ1n) is 5.63. The van der Waals surface area contributed by atoms with Crippen LogP contribution in [0.2, 0.25) is 0 Å². The molecule has 2 nitrogen and oxygen atoms in total. The lowest BCUT2D eigenvalue weighted by molar-refractivity contribution is 0.521. The van der Waals surface area contributed by atoms with Crippen LogP contribution in [0.15, 0.2) is 22.8 Å². The monoisotopic (exact) mass is 268 g/mol. The Morgan fingerprint density at radius 3 is 3.00 bits per heavy atom. The summed E-state index contributed by atoms with van der Waals surface area (Å²) in [6, 6.07) is 6.13. The molecule has 0 bridgehead atoms. The SMILES string of the molecule is CC1CCCN(c2cccc(Br)n2)CC1. The van der Waals surface area contributed by atoms with Crippen molar-refractivity contribution in [3.63, 3.8) is 0 Å². The van der Waals surface area contributed by atoms with Crippen molar-refractivity contribution in [2.24, 2.45) is 5.92 Å². The third-order valence-electron chi connectivity index (χ3n) is 3.04. The molecule has 1 aromatic heterocycles. The molecule has 1 unspecified atom stereocenters. The fraction of sp³-hybridized carbons (Fsp3) is 0.583. The molecule has 1 saturated heterocycles. The van der Waals surface area contributed by atoms with Crippen LogP contribution in [0, 0.1) is 5.92 Å². The number of hydrogen-bond donors (Lipinski definition) is 0. The van der Waals surface area contributed by atoms with Crippen molar-refractivity contribution in [3.8, 4) is 0 Å². The number of aromatic nitrogens is 1. The molecule has 82 valence electrons. The van der Waals surface area contributed by atoms with Gasteiger partial charge in [-0.1, -0.05) is 13.0 Å². The fourth-order valence-electron chi connectivity index (χ4n) is 2.07. The molecule has 1 atom stereocenters. The predicted molar refractivity (Wildman–Crippen MR) is 67.2 cm³/mol. The minimum Gasteiger partial charge on any atom is -0.357 e. The summed E-state index contributed by atoms with van der Waals surface area (Å²) in [6.07, 6.45) is 3.92. The number of anilines is 1. The van der Waals surface area contributed by atoms with Gasteiger partial charge >= 0.3 is 0 Å². The van der Waals surface area contributed by atoms with Crippen LogP contribution in [0.1, 0.15) is 26.2 Å². The first-order chi connectivity index (χ1) is 7.25. The van der Waals surface area contributed by atoms with Crippen LogP contribution in [0.4, 0.5) is 5.82 Å². The first-order valence-corrected chi connectivity index (χ1v) is 6.42. The molecule has 15 heavy (non-hydrogen) atoms. The number of pyridine rings is 1. The maximum atomic E-state index is 4.51. The van der Waals surface area contributed by atoms with Crippen molar-refractivity contribution >= 4 is 21.7 Å².